The zero-order valence-electron chi connectivity index (χ0n) is 14.3. The predicted molar refractivity (Wildman–Crippen MR) is 102 cm³/mol. The summed E-state index contributed by atoms with van der Waals surface area (Å²) in [5.74, 6) is 1.50. The summed E-state index contributed by atoms with van der Waals surface area (Å²) in [6.45, 7) is 0. The van der Waals surface area contributed by atoms with Crippen LogP contribution < -0.4 is 5.32 Å². The summed E-state index contributed by atoms with van der Waals surface area (Å²) in [6.07, 6.45) is 9.68. The topological polar surface area (TPSA) is 59.8 Å². The van der Waals surface area contributed by atoms with Gasteiger partial charge in [-0.2, -0.15) is 0 Å². The monoisotopic (exact) mass is 376 g/mol. The van der Waals surface area contributed by atoms with Crippen molar-refractivity contribution in [2.45, 2.75) is 68.6 Å². The maximum Gasteiger partial charge on any atom is 0.230 e. The minimum absolute atomic E-state index is 0.125. The molecule has 4 rings (SSSR count). The number of hydrogen-bond donors (Lipinski definition) is 1. The first-order valence-electron chi connectivity index (χ1n) is 9.22. The first-order valence-corrected chi connectivity index (χ1v) is 11.1. The lowest BCUT2D eigenvalue weighted by atomic mass is 10.1. The Balaban J connectivity index is 1.38. The molecule has 2 heterocycles. The summed E-state index contributed by atoms with van der Waals surface area (Å²) < 4.78 is 2.23. The highest BCUT2D eigenvalue weighted by molar-refractivity contribution is 7.99. The van der Waals surface area contributed by atoms with E-state index < -0.39 is 0 Å². The van der Waals surface area contributed by atoms with Gasteiger partial charge in [0.25, 0.3) is 0 Å². The molecule has 0 atom stereocenters. The van der Waals surface area contributed by atoms with Gasteiger partial charge in [0.2, 0.25) is 5.91 Å². The number of rotatable bonds is 6. The van der Waals surface area contributed by atoms with Crippen molar-refractivity contribution in [2.75, 3.05) is 5.75 Å². The van der Waals surface area contributed by atoms with E-state index >= 15 is 0 Å². The Labute approximate surface area is 156 Å². The van der Waals surface area contributed by atoms with Crippen molar-refractivity contribution in [1.29, 1.82) is 0 Å². The molecule has 1 amide bonds. The number of nitrogens with one attached hydrogen (secondary N) is 1. The third-order valence-electron chi connectivity index (χ3n) is 4.87. The SMILES string of the molecule is O=C(CSc1nnc(-c2cccs2)n1C1CC1)NC1CCCCCC1. The quantitative estimate of drug-likeness (QED) is 0.604. The van der Waals surface area contributed by atoms with E-state index in [1.54, 1.807) is 11.3 Å². The van der Waals surface area contributed by atoms with Crippen LogP contribution in [0.3, 0.4) is 0 Å². The Kier molecular flexibility index (Phi) is 5.41. The summed E-state index contributed by atoms with van der Waals surface area (Å²) in [5.41, 5.74) is 0. The molecule has 2 aromatic rings. The molecule has 1 N–H and O–H groups in total. The minimum Gasteiger partial charge on any atom is -0.353 e. The van der Waals surface area contributed by atoms with Crippen LogP contribution in [0.15, 0.2) is 22.7 Å². The van der Waals surface area contributed by atoms with Crippen LogP contribution in [0.5, 0.6) is 0 Å². The Morgan fingerprint density at radius 3 is 2.68 bits per heavy atom. The van der Waals surface area contributed by atoms with Crippen molar-refractivity contribution in [3.05, 3.63) is 17.5 Å². The molecule has 5 nitrogen and oxygen atoms in total. The molecule has 2 aromatic heterocycles. The maximum atomic E-state index is 12.3. The second-order valence-electron chi connectivity index (χ2n) is 6.93. The third kappa shape index (κ3) is 4.26. The first kappa shape index (κ1) is 17.1. The van der Waals surface area contributed by atoms with Crippen LogP contribution in [-0.2, 0) is 4.79 Å². The van der Waals surface area contributed by atoms with Crippen molar-refractivity contribution in [3.8, 4) is 10.7 Å². The minimum atomic E-state index is 0.125. The first-order chi connectivity index (χ1) is 12.3. The molecule has 2 fully saturated rings. The van der Waals surface area contributed by atoms with E-state index in [2.05, 4.69) is 31.5 Å². The van der Waals surface area contributed by atoms with Crippen LogP contribution in [-0.4, -0.2) is 32.5 Å². The zero-order chi connectivity index (χ0) is 17.1. The largest absolute Gasteiger partial charge is 0.353 e. The molecule has 0 aliphatic heterocycles. The molecule has 0 saturated heterocycles. The molecule has 0 spiro atoms. The van der Waals surface area contributed by atoms with Gasteiger partial charge in [0.15, 0.2) is 11.0 Å². The van der Waals surface area contributed by atoms with Crippen molar-refractivity contribution < 1.29 is 4.79 Å². The molecule has 2 saturated carbocycles. The summed E-state index contributed by atoms with van der Waals surface area (Å²) in [6, 6.07) is 4.98. The molecule has 25 heavy (non-hydrogen) atoms. The lowest BCUT2D eigenvalue weighted by molar-refractivity contribution is -0.119. The molecule has 7 heteroatoms. The van der Waals surface area contributed by atoms with Crippen molar-refractivity contribution >= 4 is 29.0 Å². The number of nitrogens with zero attached hydrogens (tertiary/aromatic N) is 3. The Morgan fingerprint density at radius 2 is 2.00 bits per heavy atom. The van der Waals surface area contributed by atoms with Crippen LogP contribution in [0.4, 0.5) is 0 Å². The summed E-state index contributed by atoms with van der Waals surface area (Å²) in [4.78, 5) is 13.5. The highest BCUT2D eigenvalue weighted by Gasteiger charge is 2.30. The van der Waals surface area contributed by atoms with Crippen molar-refractivity contribution in [2.24, 2.45) is 0 Å². The normalized spacial score (nSPS) is 18.9. The smallest absolute Gasteiger partial charge is 0.230 e. The van der Waals surface area contributed by atoms with E-state index in [1.165, 1.54) is 50.3 Å². The number of thiophene rings is 1. The Bertz CT molecular complexity index is 701. The van der Waals surface area contributed by atoms with E-state index in [0.29, 0.717) is 17.8 Å². The van der Waals surface area contributed by atoms with E-state index in [0.717, 1.165) is 28.7 Å². The summed E-state index contributed by atoms with van der Waals surface area (Å²) in [5, 5.41) is 14.9. The Hall–Kier alpha value is -1.34. The average Bonchev–Trinajstić information content (AvgIpc) is 3.22. The van der Waals surface area contributed by atoms with Crippen LogP contribution in [0.1, 0.15) is 57.4 Å². The second-order valence-corrected chi connectivity index (χ2v) is 8.82. The predicted octanol–water partition coefficient (Wildman–Crippen LogP) is 4.27. The molecule has 0 bridgehead atoms. The molecular formula is C18H24N4OS2. The van der Waals surface area contributed by atoms with Crippen LogP contribution in [0.25, 0.3) is 10.7 Å². The fourth-order valence-electron chi connectivity index (χ4n) is 3.43. The van der Waals surface area contributed by atoms with Gasteiger partial charge < -0.3 is 5.32 Å². The molecule has 2 aliphatic carbocycles. The highest BCUT2D eigenvalue weighted by atomic mass is 32.2. The maximum absolute atomic E-state index is 12.3. The highest BCUT2D eigenvalue weighted by Crippen LogP contribution is 2.41. The molecule has 134 valence electrons. The molecule has 0 unspecified atom stereocenters. The number of hydrogen-bond acceptors (Lipinski definition) is 5. The fourth-order valence-corrected chi connectivity index (χ4v) is 4.96. The Morgan fingerprint density at radius 1 is 1.20 bits per heavy atom. The van der Waals surface area contributed by atoms with Gasteiger partial charge in [-0.1, -0.05) is 43.5 Å². The molecule has 2 aliphatic rings. The van der Waals surface area contributed by atoms with Gasteiger partial charge >= 0.3 is 0 Å². The van der Waals surface area contributed by atoms with Crippen molar-refractivity contribution in [3.63, 3.8) is 0 Å². The van der Waals surface area contributed by atoms with Gasteiger partial charge in [-0.25, -0.2) is 0 Å². The fraction of sp³-hybridized carbons (Fsp3) is 0.611. The van der Waals surface area contributed by atoms with E-state index in [1.807, 2.05) is 6.07 Å². The number of carbonyl (C=O) groups is 1. The molecular weight excluding hydrogens is 352 g/mol. The number of carbonyl (C=O) groups excluding carboxylic acids is 1. The zero-order valence-corrected chi connectivity index (χ0v) is 16.0. The van der Waals surface area contributed by atoms with Gasteiger partial charge in [-0.05, 0) is 37.1 Å². The molecule has 0 aromatic carbocycles. The number of thioether (sulfide) groups is 1. The summed E-state index contributed by atoms with van der Waals surface area (Å²) >= 11 is 3.20. The van der Waals surface area contributed by atoms with E-state index in [4.69, 9.17) is 0 Å². The number of aromatic nitrogens is 3. The van der Waals surface area contributed by atoms with Gasteiger partial charge in [-0.15, -0.1) is 21.5 Å². The standard InChI is InChI=1S/C18H24N4OS2/c23-16(19-13-6-3-1-2-4-7-13)12-25-18-21-20-17(15-8-5-11-24-15)22(18)14-9-10-14/h5,8,11,13-14H,1-4,6-7,9-10,12H2,(H,19,23). The average molecular weight is 377 g/mol. The van der Waals surface area contributed by atoms with Gasteiger partial charge in [0.05, 0.1) is 10.6 Å². The summed E-state index contributed by atoms with van der Waals surface area (Å²) in [7, 11) is 0. The van der Waals surface area contributed by atoms with Crippen LogP contribution in [0.2, 0.25) is 0 Å². The van der Waals surface area contributed by atoms with Crippen molar-refractivity contribution in [1.82, 2.24) is 20.1 Å². The van der Waals surface area contributed by atoms with E-state index in [9.17, 15) is 4.79 Å². The third-order valence-corrected chi connectivity index (χ3v) is 6.68. The van der Waals surface area contributed by atoms with Crippen LogP contribution >= 0.6 is 23.1 Å². The van der Waals surface area contributed by atoms with E-state index in [-0.39, 0.29) is 5.91 Å². The van der Waals surface area contributed by atoms with Gasteiger partial charge in [0.1, 0.15) is 0 Å². The van der Waals surface area contributed by atoms with Gasteiger partial charge in [-0.3, -0.25) is 9.36 Å². The lowest BCUT2D eigenvalue weighted by Crippen LogP contribution is -2.35. The number of amides is 1. The van der Waals surface area contributed by atoms with Gasteiger partial charge in [0, 0.05) is 12.1 Å². The van der Waals surface area contributed by atoms with Crippen LogP contribution in [0, 0.1) is 0 Å². The molecule has 0 radical (unpaired) electrons. The lowest BCUT2D eigenvalue weighted by Gasteiger charge is -2.16. The second kappa shape index (κ2) is 7.91.